The van der Waals surface area contributed by atoms with Gasteiger partial charge in [0.15, 0.2) is 0 Å². The lowest BCUT2D eigenvalue weighted by atomic mass is 9.96. The summed E-state index contributed by atoms with van der Waals surface area (Å²) in [6.45, 7) is 4.13. The summed E-state index contributed by atoms with van der Waals surface area (Å²) in [5.74, 6) is -0.424. The van der Waals surface area contributed by atoms with Crippen LogP contribution in [0.2, 0.25) is 0 Å². The van der Waals surface area contributed by atoms with Crippen LogP contribution in [-0.2, 0) is 4.79 Å². The van der Waals surface area contributed by atoms with Crippen LogP contribution in [0.1, 0.15) is 66.9 Å². The maximum Gasteiger partial charge on any atom is 0.324 e. The predicted octanol–water partition coefficient (Wildman–Crippen LogP) is 2.97. The number of urea groups is 1. The van der Waals surface area contributed by atoms with Crippen LogP contribution in [0.3, 0.4) is 0 Å². The van der Waals surface area contributed by atoms with E-state index in [0.717, 1.165) is 28.8 Å². The molecule has 1 aliphatic heterocycles. The number of imide groups is 1. The summed E-state index contributed by atoms with van der Waals surface area (Å²) in [5.41, 5.74) is 0.951. The fraction of sp³-hybridized carbons (Fsp3) is 0.600. The predicted molar refractivity (Wildman–Crippen MR) is 111 cm³/mol. The summed E-state index contributed by atoms with van der Waals surface area (Å²) < 4.78 is 2.12. The second-order valence-corrected chi connectivity index (χ2v) is 8.92. The monoisotopic (exact) mass is 417 g/mol. The number of hydrogen-bond acceptors (Lipinski definition) is 5. The molecule has 4 rings (SSSR count). The van der Waals surface area contributed by atoms with Crippen LogP contribution < -0.4 is 10.6 Å². The summed E-state index contributed by atoms with van der Waals surface area (Å²) in [6.07, 6.45) is 6.64. The van der Waals surface area contributed by atoms with Gasteiger partial charge in [-0.1, -0.05) is 26.2 Å². The van der Waals surface area contributed by atoms with Crippen molar-refractivity contribution in [3.63, 3.8) is 0 Å². The van der Waals surface area contributed by atoms with Gasteiger partial charge in [0.05, 0.1) is 29.7 Å². The van der Waals surface area contributed by atoms with Gasteiger partial charge in [-0.25, -0.2) is 4.79 Å². The molecule has 2 aromatic heterocycles. The second-order valence-electron chi connectivity index (χ2n) is 7.89. The highest BCUT2D eigenvalue weighted by atomic mass is 32.1. The molecule has 1 saturated heterocycles. The van der Waals surface area contributed by atoms with Crippen molar-refractivity contribution in [3.8, 4) is 0 Å². The van der Waals surface area contributed by atoms with Gasteiger partial charge >= 0.3 is 6.03 Å². The number of hydrogen-bond donors (Lipinski definition) is 2. The van der Waals surface area contributed by atoms with E-state index in [1.165, 1.54) is 35.5 Å². The van der Waals surface area contributed by atoms with Crippen LogP contribution in [0.5, 0.6) is 0 Å². The Morgan fingerprint density at radius 2 is 2.10 bits per heavy atom. The first kappa shape index (κ1) is 19.9. The molecule has 2 fully saturated rings. The number of fused-ring (bicyclic) bond motifs is 1. The largest absolute Gasteiger partial charge is 0.347 e. The summed E-state index contributed by atoms with van der Waals surface area (Å²) in [4.78, 5) is 39.3. The zero-order chi connectivity index (χ0) is 20.5. The number of nitrogens with one attached hydrogen (secondary N) is 2. The minimum atomic E-state index is -0.396. The lowest BCUT2D eigenvalue weighted by molar-refractivity contribution is -0.125. The number of nitrogens with zero attached hydrogens (tertiary/aromatic N) is 3. The van der Waals surface area contributed by atoms with Gasteiger partial charge in [0.2, 0.25) is 5.91 Å². The number of carbonyl (C=O) groups is 3. The van der Waals surface area contributed by atoms with Crippen LogP contribution in [0.4, 0.5) is 4.79 Å². The van der Waals surface area contributed by atoms with Gasteiger partial charge in [0.1, 0.15) is 4.83 Å². The number of amides is 4. The minimum absolute atomic E-state index is 0.0243. The molecular weight excluding hydrogens is 390 g/mol. The fourth-order valence-electron chi connectivity index (χ4n) is 4.15. The summed E-state index contributed by atoms with van der Waals surface area (Å²) in [6, 6.07) is 1.65. The maximum atomic E-state index is 12.9. The standard InChI is InChI=1S/C20H27N5O3S/c1-3-13(11-24-17(26)10-21-20(24)28)22-18(27)16-9-15-12(2)23-25(19(15)29-16)14-7-5-4-6-8-14/h9,13-14H,3-8,10-11H2,1-2H3,(H,21,28)(H,22,27)/t13-/m1/s1. The van der Waals surface area contributed by atoms with Crippen molar-refractivity contribution in [1.29, 1.82) is 0 Å². The molecule has 29 heavy (non-hydrogen) atoms. The van der Waals surface area contributed by atoms with Crippen molar-refractivity contribution in [2.75, 3.05) is 13.1 Å². The smallest absolute Gasteiger partial charge is 0.324 e. The molecule has 0 radical (unpaired) electrons. The first-order valence-electron chi connectivity index (χ1n) is 10.4. The minimum Gasteiger partial charge on any atom is -0.347 e. The van der Waals surface area contributed by atoms with Gasteiger partial charge in [-0.2, -0.15) is 5.10 Å². The van der Waals surface area contributed by atoms with Gasteiger partial charge in [0, 0.05) is 11.4 Å². The molecule has 0 aromatic carbocycles. The molecular formula is C20H27N5O3S. The van der Waals surface area contributed by atoms with Gasteiger partial charge in [-0.15, -0.1) is 11.3 Å². The molecule has 0 spiro atoms. The second kappa shape index (κ2) is 8.14. The molecule has 0 unspecified atom stereocenters. The Kier molecular flexibility index (Phi) is 5.58. The Bertz CT molecular complexity index is 927. The summed E-state index contributed by atoms with van der Waals surface area (Å²) >= 11 is 1.47. The van der Waals surface area contributed by atoms with E-state index in [4.69, 9.17) is 5.10 Å². The zero-order valence-electron chi connectivity index (χ0n) is 16.9. The highest BCUT2D eigenvalue weighted by Crippen LogP contribution is 2.35. The average molecular weight is 418 g/mol. The zero-order valence-corrected chi connectivity index (χ0v) is 17.7. The highest BCUT2D eigenvalue weighted by molar-refractivity contribution is 7.20. The third-order valence-electron chi connectivity index (χ3n) is 5.88. The fourth-order valence-corrected chi connectivity index (χ4v) is 5.29. The molecule has 8 nitrogen and oxygen atoms in total. The quantitative estimate of drug-likeness (QED) is 0.706. The lowest BCUT2D eigenvalue weighted by Crippen LogP contribution is -2.45. The van der Waals surface area contributed by atoms with Gasteiger partial charge in [0.25, 0.3) is 5.91 Å². The van der Waals surface area contributed by atoms with E-state index in [-0.39, 0.29) is 30.9 Å². The third-order valence-corrected chi connectivity index (χ3v) is 7.00. The number of carbonyl (C=O) groups excluding carboxylic acids is 3. The third kappa shape index (κ3) is 3.88. The molecule has 1 saturated carbocycles. The van der Waals surface area contributed by atoms with Crippen molar-refractivity contribution >= 4 is 39.4 Å². The number of aromatic nitrogens is 2. The Hall–Kier alpha value is -2.42. The van der Waals surface area contributed by atoms with E-state index in [1.54, 1.807) is 0 Å². The molecule has 1 atom stereocenters. The number of thiophene rings is 1. The molecule has 1 aliphatic carbocycles. The van der Waals surface area contributed by atoms with Gasteiger partial charge < -0.3 is 10.6 Å². The molecule has 2 N–H and O–H groups in total. The van der Waals surface area contributed by atoms with Crippen LogP contribution in [0.15, 0.2) is 6.07 Å². The van der Waals surface area contributed by atoms with Crippen LogP contribution in [0.25, 0.3) is 10.2 Å². The van der Waals surface area contributed by atoms with Crippen molar-refractivity contribution in [2.45, 2.75) is 64.5 Å². The van der Waals surface area contributed by atoms with Crippen molar-refractivity contribution < 1.29 is 14.4 Å². The van der Waals surface area contributed by atoms with Crippen molar-refractivity contribution in [1.82, 2.24) is 25.3 Å². The van der Waals surface area contributed by atoms with E-state index in [2.05, 4.69) is 15.3 Å². The van der Waals surface area contributed by atoms with E-state index in [9.17, 15) is 14.4 Å². The maximum absolute atomic E-state index is 12.9. The Labute approximate surface area is 173 Å². The van der Waals surface area contributed by atoms with Crippen LogP contribution in [0, 0.1) is 6.92 Å². The van der Waals surface area contributed by atoms with E-state index in [1.807, 2.05) is 19.9 Å². The van der Waals surface area contributed by atoms with E-state index in [0.29, 0.717) is 17.3 Å². The normalized spacial score (nSPS) is 19.0. The van der Waals surface area contributed by atoms with E-state index >= 15 is 0 Å². The first-order chi connectivity index (χ1) is 14.0. The van der Waals surface area contributed by atoms with Crippen molar-refractivity contribution in [2.24, 2.45) is 0 Å². The first-order valence-corrected chi connectivity index (χ1v) is 11.2. The summed E-state index contributed by atoms with van der Waals surface area (Å²) in [5, 5.41) is 11.3. The van der Waals surface area contributed by atoms with Gasteiger partial charge in [-0.05, 0) is 32.3 Å². The number of aryl methyl sites for hydroxylation is 1. The summed E-state index contributed by atoms with van der Waals surface area (Å²) in [7, 11) is 0. The Morgan fingerprint density at radius 1 is 1.34 bits per heavy atom. The topological polar surface area (TPSA) is 96.3 Å². The molecule has 2 aromatic rings. The molecule has 9 heteroatoms. The molecule has 0 bridgehead atoms. The van der Waals surface area contributed by atoms with Crippen LogP contribution in [-0.4, -0.2) is 51.7 Å². The average Bonchev–Trinajstić information content (AvgIpc) is 3.39. The van der Waals surface area contributed by atoms with Crippen LogP contribution >= 0.6 is 11.3 Å². The molecule has 156 valence electrons. The Balaban J connectivity index is 1.50. The number of rotatable bonds is 6. The van der Waals surface area contributed by atoms with Gasteiger partial charge in [-0.3, -0.25) is 19.2 Å². The Morgan fingerprint density at radius 3 is 2.76 bits per heavy atom. The highest BCUT2D eigenvalue weighted by Gasteiger charge is 2.31. The molecule has 4 amide bonds. The molecule has 2 aliphatic rings. The lowest BCUT2D eigenvalue weighted by Gasteiger charge is -2.22. The SMILES string of the molecule is CC[C@H](CN1C(=O)CNC1=O)NC(=O)c1cc2c(C)nn(C3CCCCC3)c2s1. The molecule has 3 heterocycles. The van der Waals surface area contributed by atoms with E-state index < -0.39 is 6.03 Å². The van der Waals surface area contributed by atoms with Crippen molar-refractivity contribution in [3.05, 3.63) is 16.6 Å².